The highest BCUT2D eigenvalue weighted by Crippen LogP contribution is 2.20. The molecule has 98 valence electrons. The van der Waals surface area contributed by atoms with Crippen molar-refractivity contribution in [1.29, 1.82) is 0 Å². The number of para-hydroxylation sites is 1. The Hall–Kier alpha value is -1.57. The molecule has 0 aliphatic heterocycles. The van der Waals surface area contributed by atoms with Crippen molar-refractivity contribution >= 4 is 39.6 Å². The molecule has 0 saturated heterocycles. The highest BCUT2D eigenvalue weighted by Gasteiger charge is 1.96. The first-order valence-electron chi connectivity index (χ1n) is 4.96. The molecule has 1 aromatic heterocycles. The fourth-order valence-electron chi connectivity index (χ4n) is 1.09. The van der Waals surface area contributed by atoms with Crippen LogP contribution in [0.4, 0.5) is 4.79 Å². The minimum atomic E-state index is -0.995. The molecule has 1 heterocycles. The number of phenols is 1. The van der Waals surface area contributed by atoms with Crippen LogP contribution in [0.3, 0.4) is 0 Å². The molecule has 0 fully saturated rings. The third-order valence-corrected chi connectivity index (χ3v) is 1.83. The number of aromatic nitrogens is 1. The van der Waals surface area contributed by atoms with Gasteiger partial charge in [0.2, 0.25) is 0 Å². The third-order valence-electron chi connectivity index (χ3n) is 1.83. The molecule has 1 amide bonds. The highest BCUT2D eigenvalue weighted by atomic mass is 127. The molecule has 0 atom stereocenters. The number of hydrogen-bond donors (Lipinski definition) is 3. The number of halogens is 1. The van der Waals surface area contributed by atoms with E-state index in [1.807, 2.05) is 28.4 Å². The minimum absolute atomic E-state index is 0.239. The van der Waals surface area contributed by atoms with Gasteiger partial charge < -0.3 is 15.5 Å². The van der Waals surface area contributed by atoms with Crippen molar-refractivity contribution in [2.75, 3.05) is 12.0 Å². The number of phenolic OH excluding ortho intramolecular Hbond substituents is 1. The maximum Gasteiger partial charge on any atom is 0.404 e. The van der Waals surface area contributed by atoms with E-state index in [4.69, 9.17) is 5.11 Å². The number of carboxylic acid groups (broad SMARTS) is 1. The van der Waals surface area contributed by atoms with Gasteiger partial charge in [-0.2, -0.15) is 0 Å². The van der Waals surface area contributed by atoms with Crippen LogP contribution in [0.25, 0.3) is 10.9 Å². The summed E-state index contributed by atoms with van der Waals surface area (Å²) in [6, 6.07) is 9.13. The number of rotatable bonds is 0. The maximum atomic E-state index is 9.31. The number of aromatic hydroxyl groups is 1. The summed E-state index contributed by atoms with van der Waals surface area (Å²) in [5.74, 6) is 0.239. The SMILES string of the molecule is CI.CNC(=O)O.Oc1cccc2cccnc12. The molecule has 2 rings (SSSR count). The van der Waals surface area contributed by atoms with Gasteiger partial charge in [-0.1, -0.05) is 40.8 Å². The summed E-state index contributed by atoms with van der Waals surface area (Å²) in [6.45, 7) is 0. The van der Waals surface area contributed by atoms with Crippen molar-refractivity contribution in [1.82, 2.24) is 10.3 Å². The quantitative estimate of drug-likeness (QED) is 0.497. The van der Waals surface area contributed by atoms with Crippen LogP contribution in [-0.4, -0.2) is 33.3 Å². The summed E-state index contributed by atoms with van der Waals surface area (Å²) < 4.78 is 0. The van der Waals surface area contributed by atoms with Crippen LogP contribution in [0, 0.1) is 0 Å². The molecule has 0 aliphatic carbocycles. The van der Waals surface area contributed by atoms with Gasteiger partial charge in [-0.05, 0) is 17.1 Å². The van der Waals surface area contributed by atoms with Crippen LogP contribution >= 0.6 is 22.6 Å². The van der Waals surface area contributed by atoms with E-state index in [0.717, 1.165) is 5.39 Å². The molecule has 0 radical (unpaired) electrons. The predicted octanol–water partition coefficient (Wildman–Crippen LogP) is 2.88. The molecule has 0 bridgehead atoms. The van der Waals surface area contributed by atoms with Crippen molar-refractivity contribution in [3.8, 4) is 5.75 Å². The van der Waals surface area contributed by atoms with Gasteiger partial charge in [-0.25, -0.2) is 4.79 Å². The van der Waals surface area contributed by atoms with Crippen molar-refractivity contribution < 1.29 is 15.0 Å². The Balaban J connectivity index is 0.000000354. The lowest BCUT2D eigenvalue weighted by molar-refractivity contribution is 0.197. The fourth-order valence-corrected chi connectivity index (χ4v) is 1.09. The van der Waals surface area contributed by atoms with Gasteiger partial charge in [0, 0.05) is 18.6 Å². The van der Waals surface area contributed by atoms with Gasteiger partial charge >= 0.3 is 6.09 Å². The Morgan fingerprint density at radius 1 is 1.28 bits per heavy atom. The van der Waals surface area contributed by atoms with Crippen LogP contribution in [0.5, 0.6) is 5.75 Å². The molecule has 18 heavy (non-hydrogen) atoms. The monoisotopic (exact) mass is 362 g/mol. The Morgan fingerprint density at radius 2 is 1.83 bits per heavy atom. The molecular formula is C12H15IN2O3. The van der Waals surface area contributed by atoms with Crippen LogP contribution < -0.4 is 5.32 Å². The second-order valence-electron chi connectivity index (χ2n) is 2.91. The van der Waals surface area contributed by atoms with Crippen LogP contribution in [-0.2, 0) is 0 Å². The Morgan fingerprint density at radius 3 is 2.33 bits per heavy atom. The topological polar surface area (TPSA) is 82.5 Å². The second-order valence-corrected chi connectivity index (χ2v) is 2.91. The average Bonchev–Trinajstić information content (AvgIpc) is 2.42. The molecule has 0 unspecified atom stereocenters. The first-order chi connectivity index (χ1) is 8.65. The van der Waals surface area contributed by atoms with E-state index in [-0.39, 0.29) is 5.75 Å². The van der Waals surface area contributed by atoms with Crippen LogP contribution in [0.2, 0.25) is 0 Å². The van der Waals surface area contributed by atoms with E-state index in [1.165, 1.54) is 7.05 Å². The molecule has 0 saturated carbocycles. The number of carbonyl (C=O) groups is 1. The summed E-state index contributed by atoms with van der Waals surface area (Å²) in [7, 11) is 1.35. The standard InChI is InChI=1S/C9H7NO.C2H5NO2.CH3I/c11-8-5-1-3-7-4-2-6-10-9(7)8;1-3-2(4)5;1-2/h1-6,11H;3H,1H3,(H,4,5);1H3. The van der Waals surface area contributed by atoms with Crippen molar-refractivity contribution in [3.05, 3.63) is 36.5 Å². The number of amides is 1. The number of nitrogens with one attached hydrogen (secondary N) is 1. The lowest BCUT2D eigenvalue weighted by atomic mass is 10.2. The summed E-state index contributed by atoms with van der Waals surface area (Å²) in [4.78, 5) is 15.3. The van der Waals surface area contributed by atoms with Gasteiger partial charge in [0.15, 0.2) is 0 Å². The Bertz CT molecular complexity index is 486. The molecule has 6 heteroatoms. The molecule has 0 aliphatic rings. The molecule has 0 spiro atoms. The normalized spacial score (nSPS) is 8.39. The summed E-state index contributed by atoms with van der Waals surface area (Å²) in [6.07, 6.45) is 0.673. The smallest absolute Gasteiger partial charge is 0.404 e. The first kappa shape index (κ1) is 16.4. The number of hydrogen-bond acceptors (Lipinski definition) is 3. The first-order valence-corrected chi connectivity index (χ1v) is 7.12. The number of nitrogens with zero attached hydrogens (tertiary/aromatic N) is 1. The van der Waals surface area contributed by atoms with E-state index in [2.05, 4.69) is 27.6 Å². The third kappa shape index (κ3) is 5.67. The van der Waals surface area contributed by atoms with Gasteiger partial charge in [0.05, 0.1) is 0 Å². The zero-order valence-corrected chi connectivity index (χ0v) is 12.2. The van der Waals surface area contributed by atoms with Gasteiger partial charge in [-0.3, -0.25) is 4.98 Å². The predicted molar refractivity (Wildman–Crippen MR) is 80.4 cm³/mol. The van der Waals surface area contributed by atoms with E-state index in [0.29, 0.717) is 5.52 Å². The average molecular weight is 362 g/mol. The lowest BCUT2D eigenvalue weighted by Crippen LogP contribution is -2.13. The second kappa shape index (κ2) is 9.46. The Labute approximate surface area is 119 Å². The van der Waals surface area contributed by atoms with Crippen LogP contribution in [0.1, 0.15) is 0 Å². The van der Waals surface area contributed by atoms with Crippen LogP contribution in [0.15, 0.2) is 36.5 Å². The minimum Gasteiger partial charge on any atom is -0.506 e. The molecule has 5 nitrogen and oxygen atoms in total. The van der Waals surface area contributed by atoms with E-state index in [1.54, 1.807) is 18.3 Å². The number of alkyl halides is 1. The molecule has 2 aromatic rings. The highest BCUT2D eigenvalue weighted by molar-refractivity contribution is 14.1. The van der Waals surface area contributed by atoms with Gasteiger partial charge in [0.25, 0.3) is 0 Å². The zero-order valence-electron chi connectivity index (χ0n) is 10.1. The largest absolute Gasteiger partial charge is 0.506 e. The molecule has 3 N–H and O–H groups in total. The van der Waals surface area contributed by atoms with E-state index < -0.39 is 6.09 Å². The molecular weight excluding hydrogens is 347 g/mol. The summed E-state index contributed by atoms with van der Waals surface area (Å²) in [5, 5.41) is 19.8. The van der Waals surface area contributed by atoms with E-state index >= 15 is 0 Å². The number of benzene rings is 1. The Kier molecular flexibility index (Phi) is 8.63. The lowest BCUT2D eigenvalue weighted by Gasteiger charge is -1.96. The number of pyridine rings is 1. The van der Waals surface area contributed by atoms with Crippen molar-refractivity contribution in [2.45, 2.75) is 0 Å². The van der Waals surface area contributed by atoms with Crippen molar-refractivity contribution in [2.24, 2.45) is 0 Å². The van der Waals surface area contributed by atoms with Gasteiger partial charge in [0.1, 0.15) is 11.3 Å². The van der Waals surface area contributed by atoms with Gasteiger partial charge in [-0.15, -0.1) is 0 Å². The fraction of sp³-hybridized carbons (Fsp3) is 0.167. The summed E-state index contributed by atoms with van der Waals surface area (Å²) in [5.41, 5.74) is 0.662. The summed E-state index contributed by atoms with van der Waals surface area (Å²) >= 11 is 2.15. The van der Waals surface area contributed by atoms with E-state index in [9.17, 15) is 9.90 Å². The number of fused-ring (bicyclic) bond motifs is 1. The maximum absolute atomic E-state index is 9.31. The zero-order chi connectivity index (χ0) is 14.0. The molecule has 1 aromatic carbocycles. The van der Waals surface area contributed by atoms with Crippen molar-refractivity contribution in [3.63, 3.8) is 0 Å².